The van der Waals surface area contributed by atoms with Gasteiger partial charge in [-0.25, -0.2) is 15.0 Å². The molecule has 0 radical (unpaired) electrons. The molecular weight excluding hydrogens is 669 g/mol. The van der Waals surface area contributed by atoms with Crippen molar-refractivity contribution in [3.05, 3.63) is 193 Å². The summed E-state index contributed by atoms with van der Waals surface area (Å²) in [5, 5.41) is 2.59. The largest absolute Gasteiger partial charge is 0.264 e. The molecular formula is C51H36N4. The second-order valence-electron chi connectivity index (χ2n) is 14.7. The summed E-state index contributed by atoms with van der Waals surface area (Å²) in [5.74, 6) is 1.90. The smallest absolute Gasteiger partial charge is 0.164 e. The summed E-state index contributed by atoms with van der Waals surface area (Å²) < 4.78 is 0. The summed E-state index contributed by atoms with van der Waals surface area (Å²) in [4.78, 5) is 19.3. The van der Waals surface area contributed by atoms with Crippen molar-refractivity contribution in [1.82, 2.24) is 19.9 Å². The van der Waals surface area contributed by atoms with Crippen molar-refractivity contribution in [3.8, 4) is 78.7 Å². The van der Waals surface area contributed by atoms with Gasteiger partial charge >= 0.3 is 0 Å². The first-order valence-corrected chi connectivity index (χ1v) is 18.7. The fourth-order valence-electron chi connectivity index (χ4n) is 8.12. The molecule has 2 aromatic heterocycles. The molecule has 1 aliphatic carbocycles. The fraction of sp³-hybridized carbons (Fsp3) is 0.0588. The number of pyridine rings is 1. The minimum absolute atomic E-state index is 0.0614. The van der Waals surface area contributed by atoms with Gasteiger partial charge in [0.25, 0.3) is 0 Å². The third kappa shape index (κ3) is 5.80. The molecule has 0 saturated heterocycles. The van der Waals surface area contributed by atoms with Crippen LogP contribution in [0.4, 0.5) is 0 Å². The molecule has 0 amide bonds. The van der Waals surface area contributed by atoms with Gasteiger partial charge in [0.2, 0.25) is 0 Å². The molecule has 9 aromatic rings. The van der Waals surface area contributed by atoms with E-state index in [1.54, 1.807) is 6.20 Å². The van der Waals surface area contributed by atoms with E-state index in [1.165, 1.54) is 44.2 Å². The lowest BCUT2D eigenvalue weighted by molar-refractivity contribution is 0.661. The Hall–Kier alpha value is -7.04. The van der Waals surface area contributed by atoms with Gasteiger partial charge in [0.1, 0.15) is 0 Å². The van der Waals surface area contributed by atoms with E-state index in [4.69, 9.17) is 15.0 Å². The number of aromatic nitrogens is 4. The Labute approximate surface area is 320 Å². The highest BCUT2D eigenvalue weighted by atomic mass is 15.0. The van der Waals surface area contributed by atoms with E-state index >= 15 is 0 Å². The van der Waals surface area contributed by atoms with Crippen molar-refractivity contribution in [3.63, 3.8) is 0 Å². The second-order valence-corrected chi connectivity index (χ2v) is 14.7. The first-order chi connectivity index (χ1) is 27.0. The molecule has 0 unspecified atom stereocenters. The molecule has 0 fully saturated rings. The van der Waals surface area contributed by atoms with E-state index in [2.05, 4.69) is 152 Å². The molecule has 0 bridgehead atoms. The van der Waals surface area contributed by atoms with Crippen LogP contribution in [-0.2, 0) is 5.41 Å². The first kappa shape index (κ1) is 32.6. The quantitative estimate of drug-likeness (QED) is 0.173. The van der Waals surface area contributed by atoms with E-state index in [0.717, 1.165) is 38.9 Å². The number of fused-ring (bicyclic) bond motifs is 5. The van der Waals surface area contributed by atoms with Crippen LogP contribution >= 0.6 is 0 Å². The summed E-state index contributed by atoms with van der Waals surface area (Å²) in [5.41, 5.74) is 15.0. The zero-order valence-corrected chi connectivity index (χ0v) is 30.6. The Morgan fingerprint density at radius 2 is 0.909 bits per heavy atom. The third-order valence-electron chi connectivity index (χ3n) is 11.0. The monoisotopic (exact) mass is 704 g/mol. The van der Waals surface area contributed by atoms with E-state index in [-0.39, 0.29) is 5.41 Å². The summed E-state index contributed by atoms with van der Waals surface area (Å²) >= 11 is 0. The van der Waals surface area contributed by atoms with Gasteiger partial charge in [0.05, 0.1) is 0 Å². The predicted octanol–water partition coefficient (Wildman–Crippen LogP) is 12.7. The first-order valence-electron chi connectivity index (χ1n) is 18.7. The highest BCUT2D eigenvalue weighted by molar-refractivity contribution is 6.03. The lowest BCUT2D eigenvalue weighted by atomic mass is 9.82. The molecule has 2 heterocycles. The Morgan fingerprint density at radius 3 is 1.62 bits per heavy atom. The van der Waals surface area contributed by atoms with Crippen LogP contribution in [0.5, 0.6) is 0 Å². The molecule has 55 heavy (non-hydrogen) atoms. The molecule has 0 saturated carbocycles. The molecule has 4 nitrogen and oxygen atoms in total. The van der Waals surface area contributed by atoms with E-state index < -0.39 is 0 Å². The minimum Gasteiger partial charge on any atom is -0.264 e. The van der Waals surface area contributed by atoms with Gasteiger partial charge in [0.15, 0.2) is 17.5 Å². The van der Waals surface area contributed by atoms with Crippen molar-refractivity contribution >= 4 is 10.8 Å². The van der Waals surface area contributed by atoms with Crippen molar-refractivity contribution in [2.24, 2.45) is 0 Å². The van der Waals surface area contributed by atoms with Crippen molar-refractivity contribution in [2.45, 2.75) is 19.3 Å². The number of hydrogen-bond acceptors (Lipinski definition) is 4. The third-order valence-corrected chi connectivity index (χ3v) is 11.0. The molecule has 260 valence electrons. The van der Waals surface area contributed by atoms with Crippen LogP contribution < -0.4 is 0 Å². The van der Waals surface area contributed by atoms with Gasteiger partial charge in [-0.3, -0.25) is 4.98 Å². The van der Waals surface area contributed by atoms with Crippen LogP contribution in [-0.4, -0.2) is 19.9 Å². The van der Waals surface area contributed by atoms with Gasteiger partial charge in [-0.2, -0.15) is 0 Å². The molecule has 7 aromatic carbocycles. The van der Waals surface area contributed by atoms with Crippen molar-refractivity contribution in [2.75, 3.05) is 0 Å². The Balaban J connectivity index is 1.03. The van der Waals surface area contributed by atoms with Crippen LogP contribution in [0.3, 0.4) is 0 Å². The fourth-order valence-corrected chi connectivity index (χ4v) is 8.12. The average molecular weight is 705 g/mol. The normalized spacial score (nSPS) is 12.7. The topological polar surface area (TPSA) is 51.6 Å². The molecule has 0 N–H and O–H groups in total. The van der Waals surface area contributed by atoms with Gasteiger partial charge < -0.3 is 0 Å². The number of nitrogens with zero attached hydrogens (tertiary/aromatic N) is 4. The second kappa shape index (κ2) is 13.1. The molecule has 0 spiro atoms. The maximum Gasteiger partial charge on any atom is 0.164 e. The standard InChI is InChI=1S/C51H36N4/c1-51(2)45-26-25-40(31-44(45)47-43-19-7-6-11-34(43)24-27-46(47)51)38-15-8-14-37(29-38)39-16-9-17-41(30-39)50-54-48(35-12-4-3-5-13-35)53-49(55-50)36-22-20-33(21-23-36)42-18-10-28-52-32-42/h3-32H,1-2H3. The minimum atomic E-state index is -0.0614. The SMILES string of the molecule is CC1(C)c2ccc(-c3cccc(-c4cccc(-c5nc(-c6ccccc6)nc(-c6ccc(-c7cccnc7)cc6)n5)c4)c3)cc2-c2c1ccc1ccccc21. The van der Waals surface area contributed by atoms with Gasteiger partial charge in [-0.15, -0.1) is 0 Å². The zero-order valence-electron chi connectivity index (χ0n) is 30.6. The molecule has 4 heteroatoms. The molecule has 10 rings (SSSR count). The highest BCUT2D eigenvalue weighted by Gasteiger charge is 2.36. The Bertz CT molecular complexity index is 2880. The average Bonchev–Trinajstić information content (AvgIpc) is 3.49. The maximum atomic E-state index is 5.05. The van der Waals surface area contributed by atoms with Crippen LogP contribution in [0.15, 0.2) is 182 Å². The van der Waals surface area contributed by atoms with Gasteiger partial charge in [0, 0.05) is 34.5 Å². The maximum absolute atomic E-state index is 5.05. The summed E-state index contributed by atoms with van der Waals surface area (Å²) in [7, 11) is 0. The number of rotatable bonds is 6. The van der Waals surface area contributed by atoms with E-state index in [1.807, 2.05) is 42.6 Å². The highest BCUT2D eigenvalue weighted by Crippen LogP contribution is 2.52. The van der Waals surface area contributed by atoms with Gasteiger partial charge in [-0.05, 0) is 90.7 Å². The van der Waals surface area contributed by atoms with E-state index in [0.29, 0.717) is 17.5 Å². The molecule has 0 atom stereocenters. The Morgan fingerprint density at radius 1 is 0.382 bits per heavy atom. The van der Waals surface area contributed by atoms with Crippen LogP contribution in [0.25, 0.3) is 89.4 Å². The van der Waals surface area contributed by atoms with Crippen molar-refractivity contribution in [1.29, 1.82) is 0 Å². The number of benzene rings is 7. The lowest BCUT2D eigenvalue weighted by Crippen LogP contribution is -2.14. The Kier molecular flexibility index (Phi) is 7.77. The van der Waals surface area contributed by atoms with Crippen LogP contribution in [0, 0.1) is 0 Å². The summed E-state index contributed by atoms with van der Waals surface area (Å²) in [6, 6.07) is 60.1. The van der Waals surface area contributed by atoms with Gasteiger partial charge in [-0.1, -0.05) is 159 Å². The van der Waals surface area contributed by atoms with Crippen LogP contribution in [0.2, 0.25) is 0 Å². The predicted molar refractivity (Wildman–Crippen MR) is 225 cm³/mol. The summed E-state index contributed by atoms with van der Waals surface area (Å²) in [6.45, 7) is 4.69. The van der Waals surface area contributed by atoms with Crippen molar-refractivity contribution < 1.29 is 0 Å². The molecule has 1 aliphatic rings. The van der Waals surface area contributed by atoms with Crippen LogP contribution in [0.1, 0.15) is 25.0 Å². The number of hydrogen-bond donors (Lipinski definition) is 0. The molecule has 0 aliphatic heterocycles. The van der Waals surface area contributed by atoms with E-state index in [9.17, 15) is 0 Å². The zero-order chi connectivity index (χ0) is 36.9. The lowest BCUT2D eigenvalue weighted by Gasteiger charge is -2.21. The summed E-state index contributed by atoms with van der Waals surface area (Å²) in [6.07, 6.45) is 3.66.